The van der Waals surface area contributed by atoms with E-state index in [4.69, 9.17) is 9.72 Å². The van der Waals surface area contributed by atoms with Crippen LogP contribution in [0.2, 0.25) is 0 Å². The van der Waals surface area contributed by atoms with E-state index in [1.54, 1.807) is 0 Å². The van der Waals surface area contributed by atoms with E-state index in [-0.39, 0.29) is 18.6 Å². The minimum absolute atomic E-state index is 0.0422. The summed E-state index contributed by atoms with van der Waals surface area (Å²) < 4.78 is 20.6. The van der Waals surface area contributed by atoms with Crippen molar-refractivity contribution in [2.24, 2.45) is 5.92 Å². The normalized spacial score (nSPS) is 20.2. The SMILES string of the molecule is CC(C)(C)[S@@](=O)N1Cc2cc(C(=O)NCCCN3CCOCC3)nc(-c3cccc(C#CCC4CCCC4)c3)c2[C@H]1CCO. The van der Waals surface area contributed by atoms with Crippen molar-refractivity contribution in [3.63, 3.8) is 0 Å². The van der Waals surface area contributed by atoms with Crippen LogP contribution in [0.5, 0.6) is 0 Å². The Morgan fingerprint density at radius 1 is 1.18 bits per heavy atom. The van der Waals surface area contributed by atoms with Gasteiger partial charge in [-0.05, 0) is 82.7 Å². The Morgan fingerprint density at radius 3 is 2.68 bits per heavy atom. The quantitative estimate of drug-likeness (QED) is 0.292. The number of benzene rings is 1. The van der Waals surface area contributed by atoms with Crippen molar-refractivity contribution in [2.75, 3.05) is 46.0 Å². The number of carbonyl (C=O) groups excluding carboxylic acids is 1. The van der Waals surface area contributed by atoms with E-state index in [2.05, 4.69) is 22.1 Å². The number of fused-ring (bicyclic) bond motifs is 1. The zero-order valence-electron chi connectivity index (χ0n) is 26.6. The minimum Gasteiger partial charge on any atom is -0.396 e. The summed E-state index contributed by atoms with van der Waals surface area (Å²) in [6.45, 7) is 11.1. The Kier molecular flexibility index (Phi) is 11.3. The van der Waals surface area contributed by atoms with Gasteiger partial charge in [-0.15, -0.1) is 0 Å². The average molecular weight is 621 g/mol. The number of ether oxygens (including phenoxy) is 1. The van der Waals surface area contributed by atoms with Crippen molar-refractivity contribution in [2.45, 2.75) is 83.1 Å². The third-order valence-electron chi connectivity index (χ3n) is 8.80. The fourth-order valence-corrected chi connectivity index (χ4v) is 7.88. The maximum absolute atomic E-state index is 13.7. The van der Waals surface area contributed by atoms with Gasteiger partial charge in [0.1, 0.15) is 16.7 Å². The first-order valence-electron chi connectivity index (χ1n) is 16.3. The number of morpholine rings is 1. The summed E-state index contributed by atoms with van der Waals surface area (Å²) in [7, 11) is -1.31. The summed E-state index contributed by atoms with van der Waals surface area (Å²) in [5.74, 6) is 7.25. The minimum atomic E-state index is -1.31. The molecule has 8 nitrogen and oxygen atoms in total. The number of aliphatic hydroxyl groups is 1. The van der Waals surface area contributed by atoms with Crippen LogP contribution in [0.1, 0.15) is 98.9 Å². The van der Waals surface area contributed by atoms with E-state index in [0.717, 1.165) is 67.9 Å². The maximum Gasteiger partial charge on any atom is 0.269 e. The molecule has 1 aromatic carbocycles. The standard InChI is InChI=1S/C35H48N4O4S/c1-35(2,3)44(42)39-25-29-24-30(34(41)36-16-8-17-38-18-21-43-22-19-38)37-33(32(29)31(39)15-20-40)28-14-7-13-27(23-28)12-6-11-26-9-4-5-10-26/h7,13-14,23-24,26,31,40H,4-5,8-11,15-22,25H2,1-3H3,(H,36,41)/t31-,44-/m1/s1. The van der Waals surface area contributed by atoms with Crippen molar-refractivity contribution >= 4 is 16.9 Å². The fourth-order valence-electron chi connectivity index (χ4n) is 6.48. The lowest BCUT2D eigenvalue weighted by Gasteiger charge is -2.30. The first-order valence-corrected chi connectivity index (χ1v) is 17.4. The summed E-state index contributed by atoms with van der Waals surface area (Å²) in [5, 5.41) is 13.1. The van der Waals surface area contributed by atoms with Gasteiger partial charge in [0.2, 0.25) is 0 Å². The van der Waals surface area contributed by atoms with Crippen molar-refractivity contribution in [3.8, 4) is 23.1 Å². The lowest BCUT2D eigenvalue weighted by atomic mass is 9.95. The van der Waals surface area contributed by atoms with Crippen LogP contribution < -0.4 is 5.32 Å². The number of carbonyl (C=O) groups is 1. The van der Waals surface area contributed by atoms with Gasteiger partial charge in [0.05, 0.1) is 29.7 Å². The zero-order valence-corrected chi connectivity index (χ0v) is 27.4. The Balaban J connectivity index is 1.43. The first-order chi connectivity index (χ1) is 21.2. The van der Waals surface area contributed by atoms with Crippen molar-refractivity contribution in [3.05, 3.63) is 52.7 Å². The van der Waals surface area contributed by atoms with E-state index in [9.17, 15) is 14.1 Å². The largest absolute Gasteiger partial charge is 0.396 e. The van der Waals surface area contributed by atoms with Crippen molar-refractivity contribution in [1.29, 1.82) is 0 Å². The molecule has 0 unspecified atom stereocenters. The third kappa shape index (κ3) is 8.15. The van der Waals surface area contributed by atoms with Gasteiger partial charge in [0.15, 0.2) is 0 Å². The monoisotopic (exact) mass is 620 g/mol. The second-order valence-corrected chi connectivity index (χ2v) is 15.4. The molecule has 2 atom stereocenters. The van der Waals surface area contributed by atoms with E-state index in [0.29, 0.717) is 36.8 Å². The Bertz CT molecular complexity index is 1380. The van der Waals surface area contributed by atoms with Gasteiger partial charge in [-0.1, -0.05) is 36.8 Å². The number of aromatic nitrogens is 1. The predicted octanol–water partition coefficient (Wildman–Crippen LogP) is 4.83. The van der Waals surface area contributed by atoms with Gasteiger partial charge < -0.3 is 15.2 Å². The molecule has 1 aromatic heterocycles. The average Bonchev–Trinajstić information content (AvgIpc) is 3.67. The molecule has 2 fully saturated rings. The van der Waals surface area contributed by atoms with Gasteiger partial charge in [0.25, 0.3) is 5.91 Å². The Labute approximate surface area is 265 Å². The highest BCUT2D eigenvalue weighted by Gasteiger charge is 2.40. The van der Waals surface area contributed by atoms with E-state index in [1.165, 1.54) is 25.7 Å². The summed E-state index contributed by atoms with van der Waals surface area (Å²) in [4.78, 5) is 20.8. The van der Waals surface area contributed by atoms with Crippen LogP contribution in [-0.2, 0) is 22.3 Å². The van der Waals surface area contributed by atoms with Gasteiger partial charge >= 0.3 is 0 Å². The van der Waals surface area contributed by atoms with Crippen LogP contribution in [0, 0.1) is 17.8 Å². The molecule has 1 saturated heterocycles. The summed E-state index contributed by atoms with van der Waals surface area (Å²) in [5.41, 5.74) is 4.73. The van der Waals surface area contributed by atoms with Crippen LogP contribution in [0.3, 0.4) is 0 Å². The van der Waals surface area contributed by atoms with Crippen LogP contribution in [0.4, 0.5) is 0 Å². The summed E-state index contributed by atoms with van der Waals surface area (Å²) in [6.07, 6.45) is 7.35. The summed E-state index contributed by atoms with van der Waals surface area (Å²) in [6, 6.07) is 9.64. The van der Waals surface area contributed by atoms with Crippen LogP contribution in [-0.4, -0.2) is 80.2 Å². The molecule has 238 valence electrons. The van der Waals surface area contributed by atoms with E-state index >= 15 is 0 Å². The maximum atomic E-state index is 13.7. The molecular weight excluding hydrogens is 572 g/mol. The van der Waals surface area contributed by atoms with E-state index in [1.807, 2.05) is 55.4 Å². The molecule has 1 amide bonds. The fraction of sp³-hybridized carbons (Fsp3) is 0.600. The van der Waals surface area contributed by atoms with Crippen molar-refractivity contribution in [1.82, 2.24) is 19.5 Å². The molecule has 3 aliphatic rings. The zero-order chi connectivity index (χ0) is 31.1. The van der Waals surface area contributed by atoms with Gasteiger partial charge in [-0.25, -0.2) is 13.5 Å². The predicted molar refractivity (Wildman–Crippen MR) is 175 cm³/mol. The van der Waals surface area contributed by atoms with Gasteiger partial charge in [0, 0.05) is 55.9 Å². The topological polar surface area (TPSA) is 95.0 Å². The highest BCUT2D eigenvalue weighted by Crippen LogP contribution is 2.44. The van der Waals surface area contributed by atoms with Crippen LogP contribution in [0.15, 0.2) is 30.3 Å². The first kappa shape index (κ1) is 32.8. The lowest BCUT2D eigenvalue weighted by Crippen LogP contribution is -2.38. The second-order valence-electron chi connectivity index (χ2n) is 13.2. The molecule has 1 aliphatic carbocycles. The number of nitrogens with one attached hydrogen (secondary N) is 1. The molecule has 9 heteroatoms. The molecule has 3 heterocycles. The molecule has 0 bridgehead atoms. The number of aliphatic hydroxyl groups excluding tert-OH is 1. The lowest BCUT2D eigenvalue weighted by molar-refractivity contribution is 0.0374. The van der Waals surface area contributed by atoms with E-state index < -0.39 is 15.7 Å². The van der Waals surface area contributed by atoms with Crippen LogP contribution >= 0.6 is 0 Å². The summed E-state index contributed by atoms with van der Waals surface area (Å²) >= 11 is 0. The molecular formula is C35H48N4O4S. The number of hydrogen-bond donors (Lipinski definition) is 2. The number of amides is 1. The number of nitrogens with zero attached hydrogens (tertiary/aromatic N) is 3. The van der Waals surface area contributed by atoms with Crippen molar-refractivity contribution < 1.29 is 18.8 Å². The number of hydrogen-bond acceptors (Lipinski definition) is 6. The third-order valence-corrected chi connectivity index (χ3v) is 10.7. The van der Waals surface area contributed by atoms with Gasteiger partial charge in [-0.2, -0.15) is 0 Å². The molecule has 0 spiro atoms. The van der Waals surface area contributed by atoms with Crippen LogP contribution in [0.25, 0.3) is 11.3 Å². The molecule has 2 aromatic rings. The molecule has 2 N–H and O–H groups in total. The number of pyridine rings is 1. The molecule has 1 saturated carbocycles. The van der Waals surface area contributed by atoms with Gasteiger partial charge in [-0.3, -0.25) is 9.69 Å². The smallest absolute Gasteiger partial charge is 0.269 e. The Hall–Kier alpha value is -2.61. The molecule has 5 rings (SSSR count). The molecule has 0 radical (unpaired) electrons. The molecule has 44 heavy (non-hydrogen) atoms. The Morgan fingerprint density at radius 2 is 1.95 bits per heavy atom. The second kappa shape index (κ2) is 15.1. The molecule has 2 aliphatic heterocycles. The highest BCUT2D eigenvalue weighted by molar-refractivity contribution is 7.84. The highest BCUT2D eigenvalue weighted by atomic mass is 32.2. The number of rotatable bonds is 10.